The summed E-state index contributed by atoms with van der Waals surface area (Å²) in [5.74, 6) is 0. The summed E-state index contributed by atoms with van der Waals surface area (Å²) < 4.78 is 16.3. The van der Waals surface area contributed by atoms with Crippen LogP contribution in [0.4, 0.5) is 0 Å². The van der Waals surface area contributed by atoms with Gasteiger partial charge < -0.3 is 29.8 Å². The molecule has 5 N–H and O–H groups in total. The molecule has 1 unspecified atom stereocenters. The van der Waals surface area contributed by atoms with Crippen LogP contribution in [0.1, 0.15) is 20.3 Å². The smallest absolute Gasteiger partial charge is 0.325 e. The topological polar surface area (TPSA) is 127 Å². The van der Waals surface area contributed by atoms with E-state index in [1.807, 2.05) is 13.8 Å². The first-order chi connectivity index (χ1) is 8.61. The Labute approximate surface area is 116 Å². The molecule has 7 nitrogen and oxygen atoms in total. The predicted molar refractivity (Wildman–Crippen MR) is 70.9 cm³/mol. The molecule has 0 bridgehead atoms. The van der Waals surface area contributed by atoms with E-state index >= 15 is 0 Å². The molecule has 19 heavy (non-hydrogen) atoms. The SMILES string of the molecule is CC(C)SC1O[C@H](CCP(=O)(O)O)[C@@H](O)[C@H](O)[C@@H]1O. The van der Waals surface area contributed by atoms with Crippen LogP contribution in [0.2, 0.25) is 0 Å². The zero-order valence-electron chi connectivity index (χ0n) is 10.8. The average molecular weight is 316 g/mol. The van der Waals surface area contributed by atoms with Crippen LogP contribution in [-0.4, -0.2) is 66.4 Å². The summed E-state index contributed by atoms with van der Waals surface area (Å²) in [6, 6.07) is 0. The lowest BCUT2D eigenvalue weighted by molar-refractivity contribution is -0.198. The molecule has 1 rings (SSSR count). The van der Waals surface area contributed by atoms with Crippen LogP contribution in [0.15, 0.2) is 0 Å². The molecular formula is C10H21O7PS. The second kappa shape index (κ2) is 6.87. The summed E-state index contributed by atoms with van der Waals surface area (Å²) in [4.78, 5) is 17.6. The first-order valence-electron chi connectivity index (χ1n) is 6.01. The summed E-state index contributed by atoms with van der Waals surface area (Å²) in [5, 5.41) is 29.4. The highest BCUT2D eigenvalue weighted by Crippen LogP contribution is 2.38. The highest BCUT2D eigenvalue weighted by atomic mass is 32.2. The van der Waals surface area contributed by atoms with E-state index < -0.39 is 43.6 Å². The van der Waals surface area contributed by atoms with Gasteiger partial charge in [-0.05, 0) is 6.42 Å². The maximum absolute atomic E-state index is 10.8. The van der Waals surface area contributed by atoms with Crippen LogP contribution >= 0.6 is 19.4 Å². The van der Waals surface area contributed by atoms with Gasteiger partial charge in [-0.15, -0.1) is 11.8 Å². The fourth-order valence-corrected chi connectivity index (χ4v) is 3.49. The third-order valence-electron chi connectivity index (χ3n) is 2.78. The lowest BCUT2D eigenvalue weighted by Crippen LogP contribution is -2.56. The Balaban J connectivity index is 2.67. The van der Waals surface area contributed by atoms with Gasteiger partial charge in [0.05, 0.1) is 12.3 Å². The van der Waals surface area contributed by atoms with E-state index in [2.05, 4.69) is 0 Å². The predicted octanol–water partition coefficient (Wildman–Crippen LogP) is -0.497. The molecule has 0 radical (unpaired) electrons. The van der Waals surface area contributed by atoms with Crippen molar-refractivity contribution < 1.29 is 34.4 Å². The molecule has 0 spiro atoms. The van der Waals surface area contributed by atoms with E-state index in [4.69, 9.17) is 14.5 Å². The molecule has 5 atom stereocenters. The summed E-state index contributed by atoms with van der Waals surface area (Å²) in [6.45, 7) is 3.78. The first-order valence-corrected chi connectivity index (χ1v) is 8.75. The first kappa shape index (κ1) is 17.4. The van der Waals surface area contributed by atoms with Crippen LogP contribution in [-0.2, 0) is 9.30 Å². The Kier molecular flexibility index (Phi) is 6.28. The van der Waals surface area contributed by atoms with Gasteiger partial charge in [0, 0.05) is 5.25 Å². The number of rotatable bonds is 5. The normalized spacial score (nSPS) is 36.7. The molecule has 9 heteroatoms. The molecule has 1 saturated heterocycles. The Morgan fingerprint density at radius 2 is 1.74 bits per heavy atom. The number of aliphatic hydroxyl groups is 3. The van der Waals surface area contributed by atoms with Crippen LogP contribution in [0.3, 0.4) is 0 Å². The van der Waals surface area contributed by atoms with Crippen LogP contribution in [0.5, 0.6) is 0 Å². The molecule has 1 heterocycles. The Morgan fingerprint density at radius 3 is 2.21 bits per heavy atom. The summed E-state index contributed by atoms with van der Waals surface area (Å²) in [6.07, 6.45) is -5.38. The summed E-state index contributed by atoms with van der Waals surface area (Å²) in [7, 11) is -4.18. The zero-order valence-corrected chi connectivity index (χ0v) is 12.5. The summed E-state index contributed by atoms with van der Waals surface area (Å²) in [5.41, 5.74) is -0.722. The van der Waals surface area contributed by atoms with Crippen molar-refractivity contribution in [3.05, 3.63) is 0 Å². The standard InChI is InChI=1S/C10H21O7PS/c1-5(2)19-10-9(13)8(12)7(11)6(17-10)3-4-18(14,15)16/h5-13H,3-4H2,1-2H3,(H2,14,15,16)/t6-,7-,8+,9+,10?/m1/s1. The molecule has 114 valence electrons. The minimum Gasteiger partial charge on any atom is -0.388 e. The van der Waals surface area contributed by atoms with E-state index in [-0.39, 0.29) is 11.7 Å². The summed E-state index contributed by atoms with van der Waals surface area (Å²) >= 11 is 1.29. The third kappa shape index (κ3) is 5.32. The van der Waals surface area contributed by atoms with E-state index in [0.717, 1.165) is 0 Å². The average Bonchev–Trinajstić information content (AvgIpc) is 2.26. The van der Waals surface area contributed by atoms with Crippen molar-refractivity contribution >= 4 is 19.4 Å². The monoisotopic (exact) mass is 316 g/mol. The van der Waals surface area contributed by atoms with Crippen LogP contribution in [0, 0.1) is 0 Å². The largest absolute Gasteiger partial charge is 0.388 e. The van der Waals surface area contributed by atoms with Crippen molar-refractivity contribution in [2.24, 2.45) is 0 Å². The fourth-order valence-electron chi connectivity index (χ4n) is 1.83. The minimum absolute atomic E-state index is 0.0790. The van der Waals surface area contributed by atoms with Crippen molar-refractivity contribution in [3.63, 3.8) is 0 Å². The molecule has 1 aliphatic heterocycles. The Hall–Kier alpha value is 0.340. The number of ether oxygens (including phenoxy) is 1. The highest BCUT2D eigenvalue weighted by Gasteiger charge is 2.44. The van der Waals surface area contributed by atoms with Gasteiger partial charge >= 0.3 is 7.60 Å². The van der Waals surface area contributed by atoms with Crippen LogP contribution in [0.25, 0.3) is 0 Å². The van der Waals surface area contributed by atoms with Crippen molar-refractivity contribution in [1.29, 1.82) is 0 Å². The minimum atomic E-state index is -4.18. The van der Waals surface area contributed by atoms with Gasteiger partial charge in [0.15, 0.2) is 0 Å². The molecule has 1 aliphatic rings. The van der Waals surface area contributed by atoms with Crippen molar-refractivity contribution in [2.45, 2.75) is 55.4 Å². The van der Waals surface area contributed by atoms with Crippen molar-refractivity contribution in [2.75, 3.05) is 6.16 Å². The number of hydrogen-bond acceptors (Lipinski definition) is 6. The third-order valence-corrected chi connectivity index (χ3v) is 4.82. The molecule has 0 amide bonds. The van der Waals surface area contributed by atoms with E-state index in [9.17, 15) is 19.9 Å². The lowest BCUT2D eigenvalue weighted by Gasteiger charge is -2.41. The number of thioether (sulfide) groups is 1. The maximum Gasteiger partial charge on any atom is 0.325 e. The number of hydrogen-bond donors (Lipinski definition) is 5. The van der Waals surface area contributed by atoms with E-state index in [1.165, 1.54) is 11.8 Å². The quantitative estimate of drug-likeness (QED) is 0.430. The zero-order chi connectivity index (χ0) is 14.8. The van der Waals surface area contributed by atoms with E-state index in [1.54, 1.807) is 0 Å². The molecule has 0 aromatic carbocycles. The van der Waals surface area contributed by atoms with Gasteiger partial charge in [-0.25, -0.2) is 0 Å². The molecule has 0 aliphatic carbocycles. The Bertz CT molecular complexity index is 334. The van der Waals surface area contributed by atoms with Gasteiger partial charge in [0.2, 0.25) is 0 Å². The van der Waals surface area contributed by atoms with Crippen LogP contribution < -0.4 is 0 Å². The molecule has 0 aromatic heterocycles. The van der Waals surface area contributed by atoms with Gasteiger partial charge in [-0.2, -0.15) is 0 Å². The fraction of sp³-hybridized carbons (Fsp3) is 1.00. The molecule has 0 aromatic rings. The van der Waals surface area contributed by atoms with Crippen molar-refractivity contribution in [3.8, 4) is 0 Å². The van der Waals surface area contributed by atoms with E-state index in [0.29, 0.717) is 0 Å². The second-order valence-corrected chi connectivity index (χ2v) is 8.33. The maximum atomic E-state index is 10.8. The molecular weight excluding hydrogens is 295 g/mol. The van der Waals surface area contributed by atoms with Crippen molar-refractivity contribution in [1.82, 2.24) is 0 Å². The number of aliphatic hydroxyl groups excluding tert-OH is 3. The molecule has 1 fully saturated rings. The lowest BCUT2D eigenvalue weighted by atomic mass is 9.98. The second-order valence-electron chi connectivity index (χ2n) is 4.88. The molecule has 0 saturated carbocycles. The Morgan fingerprint density at radius 1 is 1.16 bits per heavy atom. The van der Waals surface area contributed by atoms with Gasteiger partial charge in [-0.3, -0.25) is 4.57 Å². The highest BCUT2D eigenvalue weighted by molar-refractivity contribution is 8.00. The van der Waals surface area contributed by atoms with Gasteiger partial charge in [-0.1, -0.05) is 13.8 Å². The van der Waals surface area contributed by atoms with Gasteiger partial charge in [0.1, 0.15) is 23.7 Å². The van der Waals surface area contributed by atoms with Gasteiger partial charge in [0.25, 0.3) is 0 Å².